The zero-order chi connectivity index (χ0) is 24.6. The van der Waals surface area contributed by atoms with Crippen LogP contribution in [0.2, 0.25) is 0 Å². The molecule has 7 nitrogen and oxygen atoms in total. The van der Waals surface area contributed by atoms with E-state index in [2.05, 4.69) is 10.0 Å². The van der Waals surface area contributed by atoms with Gasteiger partial charge in [0.1, 0.15) is 5.82 Å². The number of ether oxygens (including phenoxy) is 2. The third-order valence-electron chi connectivity index (χ3n) is 4.83. The van der Waals surface area contributed by atoms with Gasteiger partial charge in [-0.05, 0) is 86.5 Å². The van der Waals surface area contributed by atoms with Crippen molar-refractivity contribution in [2.45, 2.75) is 25.2 Å². The summed E-state index contributed by atoms with van der Waals surface area (Å²) in [6.07, 6.45) is 0.590. The van der Waals surface area contributed by atoms with Gasteiger partial charge in [0.25, 0.3) is 15.9 Å². The summed E-state index contributed by atoms with van der Waals surface area (Å²) in [4.78, 5) is 12.5. The number of benzene rings is 3. The maximum atomic E-state index is 13.0. The number of nitrogens with one attached hydrogen (secondary N) is 2. The van der Waals surface area contributed by atoms with Crippen molar-refractivity contribution in [3.63, 3.8) is 0 Å². The second-order valence-electron chi connectivity index (χ2n) is 7.29. The van der Waals surface area contributed by atoms with Crippen molar-refractivity contribution < 1.29 is 27.1 Å². The Hall–Kier alpha value is -3.59. The van der Waals surface area contributed by atoms with Crippen LogP contribution in [0.4, 0.5) is 10.1 Å². The van der Waals surface area contributed by atoms with Crippen LogP contribution in [0.3, 0.4) is 0 Å². The quantitative estimate of drug-likeness (QED) is 0.419. The second kappa shape index (κ2) is 11.5. The summed E-state index contributed by atoms with van der Waals surface area (Å²) >= 11 is 0. The van der Waals surface area contributed by atoms with E-state index in [1.54, 1.807) is 0 Å². The number of sulfonamides is 1. The summed E-state index contributed by atoms with van der Waals surface area (Å²) in [5, 5.41) is 2.83. The van der Waals surface area contributed by atoms with Gasteiger partial charge in [-0.2, -0.15) is 0 Å². The summed E-state index contributed by atoms with van der Waals surface area (Å²) in [6, 6.07) is 16.2. The molecule has 0 bridgehead atoms. The fourth-order valence-electron chi connectivity index (χ4n) is 3.19. The molecule has 0 aliphatic heterocycles. The number of carbonyl (C=O) groups excluding carboxylic acids is 1. The molecule has 3 aromatic carbocycles. The van der Waals surface area contributed by atoms with Crippen LogP contribution in [0.1, 0.15) is 29.8 Å². The normalized spacial score (nSPS) is 11.0. The van der Waals surface area contributed by atoms with Gasteiger partial charge in [-0.15, -0.1) is 0 Å². The first-order chi connectivity index (χ1) is 16.3. The molecule has 0 spiro atoms. The lowest BCUT2D eigenvalue weighted by atomic mass is 10.1. The minimum atomic E-state index is -3.86. The number of halogens is 1. The molecule has 0 atom stereocenters. The Morgan fingerprint density at radius 3 is 2.18 bits per heavy atom. The van der Waals surface area contributed by atoms with Gasteiger partial charge in [-0.1, -0.05) is 6.07 Å². The molecular weight excluding hydrogens is 459 g/mol. The Bertz CT molecular complexity index is 1210. The molecular formula is C25H27FN2O5S. The van der Waals surface area contributed by atoms with Gasteiger partial charge in [-0.3, -0.25) is 9.52 Å². The Morgan fingerprint density at radius 1 is 0.882 bits per heavy atom. The third-order valence-corrected chi connectivity index (χ3v) is 6.23. The van der Waals surface area contributed by atoms with E-state index in [1.807, 2.05) is 32.0 Å². The highest BCUT2D eigenvalue weighted by Crippen LogP contribution is 2.28. The smallest absolute Gasteiger partial charge is 0.261 e. The number of hydrogen-bond donors (Lipinski definition) is 2. The number of anilines is 1. The van der Waals surface area contributed by atoms with Crippen molar-refractivity contribution in [2.24, 2.45) is 0 Å². The van der Waals surface area contributed by atoms with Gasteiger partial charge in [-0.25, -0.2) is 12.8 Å². The predicted molar refractivity (Wildman–Crippen MR) is 128 cm³/mol. The molecule has 0 saturated heterocycles. The average Bonchev–Trinajstić information content (AvgIpc) is 2.82. The summed E-state index contributed by atoms with van der Waals surface area (Å²) < 4.78 is 51.6. The third kappa shape index (κ3) is 6.71. The molecule has 0 unspecified atom stereocenters. The molecule has 34 heavy (non-hydrogen) atoms. The summed E-state index contributed by atoms with van der Waals surface area (Å²) in [5.41, 5.74) is 1.56. The molecule has 0 aromatic heterocycles. The Morgan fingerprint density at radius 2 is 1.53 bits per heavy atom. The van der Waals surface area contributed by atoms with Crippen LogP contribution in [0.15, 0.2) is 71.6 Å². The van der Waals surface area contributed by atoms with Gasteiger partial charge in [0.2, 0.25) is 0 Å². The van der Waals surface area contributed by atoms with Crippen LogP contribution in [0, 0.1) is 5.82 Å². The SMILES string of the molecule is CCOc1ccc(CCNC(=O)c2ccc(S(=O)(=O)Nc3ccc(F)cc3)cc2)cc1OCC. The standard InChI is InChI=1S/C25H27FN2O5S/c1-3-32-23-14-5-18(17-24(23)33-4-2)15-16-27-25(29)19-6-12-22(13-7-19)34(30,31)28-21-10-8-20(26)9-11-21/h5-14,17,28H,3-4,15-16H2,1-2H3,(H,27,29). The minimum Gasteiger partial charge on any atom is -0.490 e. The minimum absolute atomic E-state index is 0.00813. The van der Waals surface area contributed by atoms with E-state index in [1.165, 1.54) is 36.4 Å². The number of amides is 1. The van der Waals surface area contributed by atoms with Crippen molar-refractivity contribution in [1.82, 2.24) is 5.32 Å². The van der Waals surface area contributed by atoms with Crippen LogP contribution >= 0.6 is 0 Å². The van der Waals surface area contributed by atoms with Crippen molar-refractivity contribution in [1.29, 1.82) is 0 Å². The van der Waals surface area contributed by atoms with Crippen LogP contribution in [-0.4, -0.2) is 34.1 Å². The number of rotatable bonds is 11. The molecule has 1 amide bonds. The van der Waals surface area contributed by atoms with E-state index in [0.29, 0.717) is 43.2 Å². The van der Waals surface area contributed by atoms with Gasteiger partial charge in [0.15, 0.2) is 11.5 Å². The average molecular weight is 487 g/mol. The molecule has 3 aromatic rings. The Kier molecular flexibility index (Phi) is 8.48. The lowest BCUT2D eigenvalue weighted by molar-refractivity contribution is 0.0954. The van der Waals surface area contributed by atoms with Crippen molar-refractivity contribution in [3.05, 3.63) is 83.7 Å². The van der Waals surface area contributed by atoms with Gasteiger partial charge >= 0.3 is 0 Å². The molecule has 0 saturated carbocycles. The maximum absolute atomic E-state index is 13.0. The fraction of sp³-hybridized carbons (Fsp3) is 0.240. The molecule has 0 aliphatic rings. The van der Waals surface area contributed by atoms with Crippen LogP contribution in [0.25, 0.3) is 0 Å². The van der Waals surface area contributed by atoms with Crippen LogP contribution < -0.4 is 19.5 Å². The van der Waals surface area contributed by atoms with E-state index in [4.69, 9.17) is 9.47 Å². The second-order valence-corrected chi connectivity index (χ2v) is 8.97. The van der Waals surface area contributed by atoms with Crippen molar-refractivity contribution >= 4 is 21.6 Å². The van der Waals surface area contributed by atoms with Gasteiger partial charge < -0.3 is 14.8 Å². The summed E-state index contributed by atoms with van der Waals surface area (Å²) in [5.74, 6) is 0.572. The van der Waals surface area contributed by atoms with Gasteiger partial charge in [0.05, 0.1) is 18.1 Å². The molecule has 2 N–H and O–H groups in total. The van der Waals surface area contributed by atoms with E-state index in [9.17, 15) is 17.6 Å². The molecule has 0 heterocycles. The zero-order valence-electron chi connectivity index (χ0n) is 19.0. The fourth-order valence-corrected chi connectivity index (χ4v) is 4.25. The van der Waals surface area contributed by atoms with Crippen LogP contribution in [0.5, 0.6) is 11.5 Å². The van der Waals surface area contributed by atoms with Crippen LogP contribution in [-0.2, 0) is 16.4 Å². The monoisotopic (exact) mass is 486 g/mol. The van der Waals surface area contributed by atoms with E-state index >= 15 is 0 Å². The lowest BCUT2D eigenvalue weighted by Crippen LogP contribution is -2.25. The zero-order valence-corrected chi connectivity index (χ0v) is 19.8. The largest absolute Gasteiger partial charge is 0.490 e. The lowest BCUT2D eigenvalue weighted by Gasteiger charge is -2.13. The molecule has 0 fully saturated rings. The first-order valence-corrected chi connectivity index (χ1v) is 12.4. The van der Waals surface area contributed by atoms with Crippen molar-refractivity contribution in [3.8, 4) is 11.5 Å². The number of carbonyl (C=O) groups is 1. The first-order valence-electron chi connectivity index (χ1n) is 10.9. The Balaban J connectivity index is 1.57. The summed E-state index contributed by atoms with van der Waals surface area (Å²) in [6.45, 7) is 5.26. The van der Waals surface area contributed by atoms with Crippen molar-refractivity contribution in [2.75, 3.05) is 24.5 Å². The highest BCUT2D eigenvalue weighted by Gasteiger charge is 2.15. The molecule has 9 heteroatoms. The summed E-state index contributed by atoms with van der Waals surface area (Å²) in [7, 11) is -3.86. The van der Waals surface area contributed by atoms with Gasteiger partial charge in [0, 0.05) is 17.8 Å². The highest BCUT2D eigenvalue weighted by atomic mass is 32.2. The van der Waals surface area contributed by atoms with E-state index < -0.39 is 15.8 Å². The first kappa shape index (κ1) is 25.0. The van der Waals surface area contributed by atoms with E-state index in [-0.39, 0.29) is 16.5 Å². The number of hydrogen-bond acceptors (Lipinski definition) is 5. The topological polar surface area (TPSA) is 93.7 Å². The predicted octanol–water partition coefficient (Wildman–Crippen LogP) is 4.40. The molecule has 0 aliphatic carbocycles. The highest BCUT2D eigenvalue weighted by molar-refractivity contribution is 7.92. The molecule has 180 valence electrons. The molecule has 0 radical (unpaired) electrons. The van der Waals surface area contributed by atoms with E-state index in [0.717, 1.165) is 17.7 Å². The molecule has 3 rings (SSSR count). The Labute approximate surface area is 199 Å². The maximum Gasteiger partial charge on any atom is 0.261 e.